The number of hydrogen-bond donors (Lipinski definition) is 3. The number of alkyl halides is 6. The number of rotatable bonds is 8. The van der Waals surface area contributed by atoms with Crippen LogP contribution in [0.5, 0.6) is 5.75 Å². The normalized spacial score (nSPS) is 33.4. The van der Waals surface area contributed by atoms with E-state index in [2.05, 4.69) is 19.6 Å². The van der Waals surface area contributed by atoms with E-state index in [4.69, 9.17) is 0 Å². The highest BCUT2D eigenvalue weighted by atomic mass is 19.4. The highest BCUT2D eigenvalue weighted by molar-refractivity contribution is 5.43. The highest BCUT2D eigenvalue weighted by Gasteiger charge is 2.69. The zero-order valence-electron chi connectivity index (χ0n) is 21.7. The molecule has 3 nitrogen and oxygen atoms in total. The molecule has 38 heavy (non-hydrogen) atoms. The van der Waals surface area contributed by atoms with E-state index in [9.17, 15) is 41.7 Å². The molecule has 9 heteroatoms. The lowest BCUT2D eigenvalue weighted by atomic mass is 9.44. The minimum Gasteiger partial charge on any atom is -0.508 e. The van der Waals surface area contributed by atoms with Crippen LogP contribution in [0.1, 0.15) is 88.2 Å². The van der Waals surface area contributed by atoms with Gasteiger partial charge in [0.25, 0.3) is 5.60 Å². The van der Waals surface area contributed by atoms with Crippen molar-refractivity contribution in [2.24, 2.45) is 22.7 Å². The van der Waals surface area contributed by atoms with Gasteiger partial charge in [-0.3, -0.25) is 0 Å². The van der Waals surface area contributed by atoms with Crippen molar-refractivity contribution in [3.8, 4) is 5.75 Å². The molecule has 0 unspecified atom stereocenters. The molecule has 0 aromatic heterocycles. The molecule has 0 radical (unpaired) electrons. The summed E-state index contributed by atoms with van der Waals surface area (Å²) in [5, 5.41) is 30.5. The van der Waals surface area contributed by atoms with Crippen LogP contribution < -0.4 is 0 Å². The largest absolute Gasteiger partial charge is 0.508 e. The van der Waals surface area contributed by atoms with E-state index >= 15 is 0 Å². The molecule has 0 spiro atoms. The first kappa shape index (κ1) is 29.2. The smallest absolute Gasteiger partial charge is 0.426 e. The first-order chi connectivity index (χ1) is 17.6. The number of aliphatic hydroxyl groups is 2. The molecule has 3 aliphatic carbocycles. The van der Waals surface area contributed by atoms with Crippen molar-refractivity contribution < 1.29 is 41.7 Å². The van der Waals surface area contributed by atoms with E-state index in [1.807, 2.05) is 6.07 Å². The Kier molecular flexibility index (Phi) is 7.71. The van der Waals surface area contributed by atoms with Crippen molar-refractivity contribution in [2.45, 2.75) is 108 Å². The van der Waals surface area contributed by atoms with Gasteiger partial charge >= 0.3 is 12.4 Å². The first-order valence-corrected chi connectivity index (χ1v) is 13.6. The summed E-state index contributed by atoms with van der Waals surface area (Å²) < 4.78 is 77.7. The SMILES string of the molecule is C=C[C@@]12CCc3cc(O)ccc3[C@H]1[C@@H](CCCCCCC(O)(C(F)(F)F)C(F)(F)F)C[C@@]1(C)[C@H]2CC[C@@H]1O. The Balaban J connectivity index is 1.49. The highest BCUT2D eigenvalue weighted by Crippen LogP contribution is 2.69. The molecule has 1 aromatic carbocycles. The maximum Gasteiger partial charge on any atom is 0.426 e. The molecule has 1 aromatic rings. The Labute approximate surface area is 219 Å². The van der Waals surface area contributed by atoms with Crippen molar-refractivity contribution in [1.29, 1.82) is 0 Å². The van der Waals surface area contributed by atoms with Crippen LogP contribution in [0.25, 0.3) is 0 Å². The Morgan fingerprint density at radius 1 is 1.03 bits per heavy atom. The fraction of sp³-hybridized carbons (Fsp3) is 0.724. The standard InChI is InChI=1S/C29H38F6O3/c1-3-26-15-13-18-16-20(36)9-10-21(18)24(26)19(17-25(2)22(26)11-12-23(25)37)8-6-4-5-7-14-27(38,28(30,31)32)29(33,34)35/h3,9-10,16,19,22-24,36-38H,1,4-8,11-15,17H2,2H3/t19-,22+,23-,24+,25-,26-/m0/s1. The van der Waals surface area contributed by atoms with E-state index in [1.54, 1.807) is 12.1 Å². The van der Waals surface area contributed by atoms with Gasteiger partial charge in [0.2, 0.25) is 0 Å². The van der Waals surface area contributed by atoms with E-state index in [-0.39, 0.29) is 47.2 Å². The molecule has 0 heterocycles. The minimum atomic E-state index is -5.78. The van der Waals surface area contributed by atoms with Crippen LogP contribution in [0, 0.1) is 22.7 Å². The average molecular weight is 549 g/mol. The summed E-state index contributed by atoms with van der Waals surface area (Å²) in [4.78, 5) is 0. The van der Waals surface area contributed by atoms with E-state index in [1.165, 1.54) is 5.56 Å². The summed E-state index contributed by atoms with van der Waals surface area (Å²) >= 11 is 0. The molecule has 0 saturated heterocycles. The Morgan fingerprint density at radius 2 is 1.68 bits per heavy atom. The van der Waals surface area contributed by atoms with Gasteiger partial charge in [0.1, 0.15) is 5.75 Å². The first-order valence-electron chi connectivity index (χ1n) is 13.6. The van der Waals surface area contributed by atoms with Gasteiger partial charge in [0.05, 0.1) is 6.10 Å². The van der Waals surface area contributed by atoms with Gasteiger partial charge in [-0.25, -0.2) is 0 Å². The summed E-state index contributed by atoms with van der Waals surface area (Å²) in [6, 6.07) is 5.47. The molecule has 214 valence electrons. The van der Waals surface area contributed by atoms with Crippen molar-refractivity contribution in [1.82, 2.24) is 0 Å². The van der Waals surface area contributed by atoms with Crippen LogP contribution in [0.15, 0.2) is 30.9 Å². The number of benzene rings is 1. The van der Waals surface area contributed by atoms with Crippen molar-refractivity contribution in [3.63, 3.8) is 0 Å². The number of phenols is 1. The van der Waals surface area contributed by atoms with Gasteiger partial charge in [-0.2, -0.15) is 26.3 Å². The van der Waals surface area contributed by atoms with Gasteiger partial charge in [-0.05, 0) is 103 Å². The van der Waals surface area contributed by atoms with Crippen LogP contribution in [-0.4, -0.2) is 39.4 Å². The van der Waals surface area contributed by atoms with Gasteiger partial charge < -0.3 is 15.3 Å². The number of unbranched alkanes of at least 4 members (excludes halogenated alkanes) is 3. The van der Waals surface area contributed by atoms with E-state index < -0.39 is 30.5 Å². The maximum atomic E-state index is 13.0. The fourth-order valence-corrected chi connectivity index (χ4v) is 8.28. The Hall–Kier alpha value is -1.74. The molecular weight excluding hydrogens is 510 g/mol. The number of aromatic hydroxyl groups is 1. The Bertz CT molecular complexity index is 1010. The molecular formula is C29H38F6O3. The summed E-state index contributed by atoms with van der Waals surface area (Å²) in [6.45, 7) is 6.39. The third-order valence-corrected chi connectivity index (χ3v) is 10.2. The van der Waals surface area contributed by atoms with E-state index in [0.717, 1.165) is 44.1 Å². The summed E-state index contributed by atoms with van der Waals surface area (Å²) in [6.07, 6.45) is -5.74. The van der Waals surface area contributed by atoms with Gasteiger partial charge in [-0.15, -0.1) is 6.58 Å². The van der Waals surface area contributed by atoms with Crippen molar-refractivity contribution in [2.75, 3.05) is 0 Å². The number of hydrogen-bond acceptors (Lipinski definition) is 3. The third kappa shape index (κ3) is 4.65. The molecule has 6 atom stereocenters. The lowest BCUT2D eigenvalue weighted by molar-refractivity contribution is -0.370. The summed E-state index contributed by atoms with van der Waals surface area (Å²) in [7, 11) is 0. The minimum absolute atomic E-state index is 0.119. The summed E-state index contributed by atoms with van der Waals surface area (Å²) in [5.74, 6) is 0.732. The molecule has 4 rings (SSSR count). The predicted octanol–water partition coefficient (Wildman–Crippen LogP) is 7.59. The second-order valence-corrected chi connectivity index (χ2v) is 12.1. The number of fused-ring (bicyclic) bond motifs is 5. The number of halogens is 6. The molecule has 0 amide bonds. The topological polar surface area (TPSA) is 60.7 Å². The van der Waals surface area contributed by atoms with Gasteiger partial charge in [-0.1, -0.05) is 38.3 Å². The lowest BCUT2D eigenvalue weighted by Crippen LogP contribution is -2.56. The number of aliphatic hydroxyl groups excluding tert-OH is 1. The number of aryl methyl sites for hydroxylation is 1. The van der Waals surface area contributed by atoms with Crippen LogP contribution in [0.4, 0.5) is 26.3 Å². The van der Waals surface area contributed by atoms with Crippen molar-refractivity contribution >= 4 is 0 Å². The van der Waals surface area contributed by atoms with Crippen LogP contribution in [0.3, 0.4) is 0 Å². The lowest BCUT2D eigenvalue weighted by Gasteiger charge is -2.60. The monoisotopic (exact) mass is 548 g/mol. The van der Waals surface area contributed by atoms with Crippen LogP contribution >= 0.6 is 0 Å². The number of phenolic OH excluding ortho intramolecular Hbond substituents is 1. The third-order valence-electron chi connectivity index (χ3n) is 10.2. The molecule has 3 N–H and O–H groups in total. The molecule has 3 aliphatic rings. The van der Waals surface area contributed by atoms with Crippen LogP contribution in [0.2, 0.25) is 0 Å². The molecule has 0 aliphatic heterocycles. The Morgan fingerprint density at radius 3 is 2.32 bits per heavy atom. The average Bonchev–Trinajstić information content (AvgIpc) is 3.13. The predicted molar refractivity (Wildman–Crippen MR) is 132 cm³/mol. The zero-order valence-corrected chi connectivity index (χ0v) is 21.7. The second kappa shape index (κ2) is 10.0. The fourth-order valence-electron chi connectivity index (χ4n) is 8.28. The molecule has 2 fully saturated rings. The quantitative estimate of drug-likeness (QED) is 0.178. The summed E-state index contributed by atoms with van der Waals surface area (Å²) in [5.41, 5.74) is -2.94. The number of allylic oxidation sites excluding steroid dienone is 1. The van der Waals surface area contributed by atoms with E-state index in [0.29, 0.717) is 12.8 Å². The zero-order chi connectivity index (χ0) is 28.1. The van der Waals surface area contributed by atoms with Crippen LogP contribution in [-0.2, 0) is 6.42 Å². The van der Waals surface area contributed by atoms with Gasteiger partial charge in [0.15, 0.2) is 0 Å². The maximum absolute atomic E-state index is 13.0. The second-order valence-electron chi connectivity index (χ2n) is 12.1. The molecule has 0 bridgehead atoms. The van der Waals surface area contributed by atoms with Gasteiger partial charge in [0, 0.05) is 0 Å². The molecule has 2 saturated carbocycles. The van der Waals surface area contributed by atoms with Crippen molar-refractivity contribution in [3.05, 3.63) is 42.0 Å².